The van der Waals surface area contributed by atoms with Crippen LogP contribution < -0.4 is 10.6 Å². The molecule has 5 nitrogen and oxygen atoms in total. The van der Waals surface area contributed by atoms with E-state index in [2.05, 4.69) is 35.9 Å². The first-order chi connectivity index (χ1) is 8.39. The Labute approximate surface area is 108 Å². The van der Waals surface area contributed by atoms with E-state index in [4.69, 9.17) is 11.1 Å². The first-order valence-corrected chi connectivity index (χ1v) is 6.30. The van der Waals surface area contributed by atoms with Crippen molar-refractivity contribution in [3.63, 3.8) is 0 Å². The molecular weight excluding hydrogens is 226 g/mol. The maximum absolute atomic E-state index is 7.60. The van der Waals surface area contributed by atoms with Gasteiger partial charge < -0.3 is 10.6 Å². The summed E-state index contributed by atoms with van der Waals surface area (Å²) in [6.07, 6.45) is 2.73. The number of hydrogen-bond donors (Lipinski definition) is 2. The lowest BCUT2D eigenvalue weighted by Gasteiger charge is -2.27. The topological polar surface area (TPSA) is 78.9 Å². The van der Waals surface area contributed by atoms with Gasteiger partial charge in [-0.15, -0.1) is 5.10 Å². The predicted molar refractivity (Wildman–Crippen MR) is 72.8 cm³/mol. The van der Waals surface area contributed by atoms with Gasteiger partial charge in [-0.25, -0.2) is 0 Å². The fraction of sp³-hybridized carbons (Fsp3) is 0.615. The predicted octanol–water partition coefficient (Wildman–Crippen LogP) is 1.63. The Bertz CT molecular complexity index is 449. The minimum absolute atomic E-state index is 0.0547. The number of nitrogens with one attached hydrogen (secondary N) is 1. The van der Waals surface area contributed by atoms with Crippen LogP contribution in [0.2, 0.25) is 0 Å². The molecule has 0 bridgehead atoms. The zero-order chi connectivity index (χ0) is 13.3. The van der Waals surface area contributed by atoms with E-state index in [0.717, 1.165) is 25.3 Å². The number of hydrogen-bond acceptors (Lipinski definition) is 4. The van der Waals surface area contributed by atoms with Crippen molar-refractivity contribution in [3.8, 4) is 0 Å². The molecule has 18 heavy (non-hydrogen) atoms. The third-order valence-corrected chi connectivity index (χ3v) is 3.70. The van der Waals surface area contributed by atoms with Crippen LogP contribution in [-0.2, 0) is 0 Å². The smallest absolute Gasteiger partial charge is 0.162 e. The molecule has 5 heteroatoms. The minimum atomic E-state index is 0.0547. The van der Waals surface area contributed by atoms with Crippen LogP contribution in [0.25, 0.3) is 0 Å². The van der Waals surface area contributed by atoms with Gasteiger partial charge in [0.2, 0.25) is 0 Å². The van der Waals surface area contributed by atoms with Gasteiger partial charge in [-0.2, -0.15) is 5.10 Å². The van der Waals surface area contributed by atoms with Crippen molar-refractivity contribution in [1.82, 2.24) is 10.2 Å². The Hall–Kier alpha value is -1.65. The summed E-state index contributed by atoms with van der Waals surface area (Å²) >= 11 is 0. The van der Waals surface area contributed by atoms with Crippen molar-refractivity contribution in [3.05, 3.63) is 17.8 Å². The van der Waals surface area contributed by atoms with Crippen molar-refractivity contribution >= 4 is 11.7 Å². The number of nitrogen functional groups attached to an aromatic ring is 1. The molecule has 0 saturated carbocycles. The van der Waals surface area contributed by atoms with Gasteiger partial charge in [0, 0.05) is 13.1 Å². The van der Waals surface area contributed by atoms with Crippen molar-refractivity contribution in [2.75, 3.05) is 18.0 Å². The van der Waals surface area contributed by atoms with Gasteiger partial charge in [0.1, 0.15) is 5.84 Å². The van der Waals surface area contributed by atoms with E-state index in [9.17, 15) is 0 Å². The summed E-state index contributed by atoms with van der Waals surface area (Å²) < 4.78 is 0. The summed E-state index contributed by atoms with van der Waals surface area (Å²) in [5.74, 6) is 1.44. The van der Waals surface area contributed by atoms with Crippen LogP contribution >= 0.6 is 0 Å². The fourth-order valence-electron chi connectivity index (χ4n) is 2.43. The standard InChI is InChI=1S/C13H21N5/c1-13(2,3)9-5-7-18(8-9)12-10(11(14)15)4-6-16-17-12/h4,6,9H,5,7-8H2,1-3H3,(H3,14,15). The average Bonchev–Trinajstić information content (AvgIpc) is 2.77. The summed E-state index contributed by atoms with van der Waals surface area (Å²) in [6.45, 7) is 8.72. The SMILES string of the molecule is CC(C)(C)C1CCN(c2nnccc2C(=N)N)C1. The van der Waals surface area contributed by atoms with Gasteiger partial charge in [0.25, 0.3) is 0 Å². The van der Waals surface area contributed by atoms with Gasteiger partial charge in [0.15, 0.2) is 5.82 Å². The average molecular weight is 247 g/mol. The molecule has 0 aliphatic carbocycles. The van der Waals surface area contributed by atoms with E-state index in [1.165, 1.54) is 0 Å². The van der Waals surface area contributed by atoms with E-state index < -0.39 is 0 Å². The maximum Gasteiger partial charge on any atom is 0.162 e. The van der Waals surface area contributed by atoms with Gasteiger partial charge >= 0.3 is 0 Å². The molecule has 1 fully saturated rings. The normalized spacial score (nSPS) is 20.2. The second-order valence-corrected chi connectivity index (χ2v) is 5.98. The lowest BCUT2D eigenvalue weighted by molar-refractivity contribution is 0.263. The molecular formula is C13H21N5. The minimum Gasteiger partial charge on any atom is -0.384 e. The van der Waals surface area contributed by atoms with Gasteiger partial charge in [-0.1, -0.05) is 20.8 Å². The van der Waals surface area contributed by atoms with Crippen LogP contribution in [0.15, 0.2) is 12.3 Å². The Morgan fingerprint density at radius 2 is 2.22 bits per heavy atom. The number of anilines is 1. The monoisotopic (exact) mass is 247 g/mol. The molecule has 1 atom stereocenters. The number of rotatable bonds is 2. The fourth-order valence-corrected chi connectivity index (χ4v) is 2.43. The summed E-state index contributed by atoms with van der Waals surface area (Å²) in [4.78, 5) is 2.19. The summed E-state index contributed by atoms with van der Waals surface area (Å²) in [5, 5.41) is 15.7. The van der Waals surface area contributed by atoms with Crippen molar-refractivity contribution in [1.29, 1.82) is 5.41 Å². The van der Waals surface area contributed by atoms with Gasteiger partial charge in [-0.05, 0) is 23.8 Å². The second-order valence-electron chi connectivity index (χ2n) is 5.98. The Morgan fingerprint density at radius 3 is 2.78 bits per heavy atom. The van der Waals surface area contributed by atoms with E-state index >= 15 is 0 Å². The number of aromatic nitrogens is 2. The molecule has 1 unspecified atom stereocenters. The van der Waals surface area contributed by atoms with Crippen LogP contribution in [-0.4, -0.2) is 29.1 Å². The second kappa shape index (κ2) is 4.55. The zero-order valence-corrected chi connectivity index (χ0v) is 11.3. The molecule has 0 radical (unpaired) electrons. The number of nitrogens with zero attached hydrogens (tertiary/aromatic N) is 3. The molecule has 1 saturated heterocycles. The van der Waals surface area contributed by atoms with Gasteiger partial charge in [0.05, 0.1) is 11.8 Å². The molecule has 3 N–H and O–H groups in total. The van der Waals surface area contributed by atoms with Crippen molar-refractivity contribution in [2.24, 2.45) is 17.1 Å². The third-order valence-electron chi connectivity index (χ3n) is 3.70. The lowest BCUT2D eigenvalue weighted by atomic mass is 9.80. The van der Waals surface area contributed by atoms with E-state index in [1.807, 2.05) is 0 Å². The highest BCUT2D eigenvalue weighted by Crippen LogP contribution is 2.35. The lowest BCUT2D eigenvalue weighted by Crippen LogP contribution is -2.28. The highest BCUT2D eigenvalue weighted by molar-refractivity contribution is 5.99. The highest BCUT2D eigenvalue weighted by Gasteiger charge is 2.33. The van der Waals surface area contributed by atoms with Crippen LogP contribution in [0.4, 0.5) is 5.82 Å². The number of amidine groups is 1. The summed E-state index contributed by atoms with van der Waals surface area (Å²) in [5.41, 5.74) is 6.57. The molecule has 1 aliphatic rings. The van der Waals surface area contributed by atoms with Gasteiger partial charge in [-0.3, -0.25) is 5.41 Å². The Balaban J connectivity index is 2.22. The first kappa shape index (κ1) is 12.8. The maximum atomic E-state index is 7.60. The molecule has 0 aromatic carbocycles. The highest BCUT2D eigenvalue weighted by atomic mass is 15.3. The molecule has 98 valence electrons. The van der Waals surface area contributed by atoms with Crippen LogP contribution in [0.5, 0.6) is 0 Å². The number of nitrogens with two attached hydrogens (primary N) is 1. The summed E-state index contributed by atoms with van der Waals surface area (Å²) in [6, 6.07) is 1.76. The Morgan fingerprint density at radius 1 is 1.50 bits per heavy atom. The van der Waals surface area contributed by atoms with Crippen molar-refractivity contribution in [2.45, 2.75) is 27.2 Å². The molecule has 2 heterocycles. The molecule has 0 amide bonds. The molecule has 0 spiro atoms. The zero-order valence-electron chi connectivity index (χ0n) is 11.3. The van der Waals surface area contributed by atoms with Crippen molar-refractivity contribution < 1.29 is 0 Å². The Kier molecular flexibility index (Phi) is 3.24. The van der Waals surface area contributed by atoms with Crippen LogP contribution in [0.1, 0.15) is 32.8 Å². The molecule has 1 aromatic heterocycles. The van der Waals surface area contributed by atoms with Crippen LogP contribution in [0.3, 0.4) is 0 Å². The summed E-state index contributed by atoms with van der Waals surface area (Å²) in [7, 11) is 0. The third kappa shape index (κ3) is 2.44. The van der Waals surface area contributed by atoms with E-state index in [-0.39, 0.29) is 5.84 Å². The molecule has 1 aliphatic heterocycles. The first-order valence-electron chi connectivity index (χ1n) is 6.30. The molecule has 2 rings (SSSR count). The quantitative estimate of drug-likeness (QED) is 0.615. The van der Waals surface area contributed by atoms with Crippen LogP contribution in [0, 0.1) is 16.7 Å². The van der Waals surface area contributed by atoms with E-state index in [1.54, 1.807) is 12.3 Å². The molecule has 1 aromatic rings. The largest absolute Gasteiger partial charge is 0.384 e. The van der Waals surface area contributed by atoms with E-state index in [0.29, 0.717) is 16.9 Å².